The normalized spacial score (nSPS) is 17.1. The van der Waals surface area contributed by atoms with Crippen LogP contribution in [0, 0.1) is 0 Å². The predicted octanol–water partition coefficient (Wildman–Crippen LogP) is 1.92. The molecule has 6 nitrogen and oxygen atoms in total. The Balaban J connectivity index is 1.50. The molecule has 1 heterocycles. The maximum Gasteiger partial charge on any atom is 0.119 e. The van der Waals surface area contributed by atoms with Crippen LogP contribution in [-0.4, -0.2) is 72.8 Å². The van der Waals surface area contributed by atoms with Gasteiger partial charge in [-0.25, -0.2) is 0 Å². The molecule has 1 saturated heterocycles. The van der Waals surface area contributed by atoms with E-state index in [0.717, 1.165) is 37.4 Å². The molecule has 3 rings (SSSR count). The smallest absolute Gasteiger partial charge is 0.119 e. The largest absolute Gasteiger partial charge is 0.491 e. The average Bonchev–Trinajstić information content (AvgIpc) is 2.78. The number of ether oxygens (including phenoxy) is 2. The summed E-state index contributed by atoms with van der Waals surface area (Å²) in [6.45, 7) is 3.27. The summed E-state index contributed by atoms with van der Waals surface area (Å²) in [6, 6.07) is 19.3. The molecule has 0 amide bonds. The highest BCUT2D eigenvalue weighted by atomic mass is 16.5. The minimum atomic E-state index is -0.632. The molecule has 158 valence electrons. The molecule has 0 saturated carbocycles. The summed E-state index contributed by atoms with van der Waals surface area (Å²) in [6.07, 6.45) is 0.733. The van der Waals surface area contributed by atoms with Gasteiger partial charge in [0.1, 0.15) is 36.9 Å². The van der Waals surface area contributed by atoms with Crippen LogP contribution in [0.4, 0.5) is 0 Å². The second-order valence-corrected chi connectivity index (χ2v) is 7.49. The number of rotatable bonds is 11. The van der Waals surface area contributed by atoms with Gasteiger partial charge in [-0.15, -0.1) is 0 Å². The molecule has 1 fully saturated rings. The molecule has 0 aromatic heterocycles. The molecule has 0 radical (unpaired) electrons. The molecular formula is C23H32N2O4. The zero-order valence-electron chi connectivity index (χ0n) is 16.8. The van der Waals surface area contributed by atoms with E-state index < -0.39 is 12.2 Å². The second-order valence-electron chi connectivity index (χ2n) is 7.49. The van der Waals surface area contributed by atoms with Gasteiger partial charge in [-0.3, -0.25) is 4.90 Å². The van der Waals surface area contributed by atoms with Crippen LogP contribution in [0.25, 0.3) is 0 Å². The van der Waals surface area contributed by atoms with E-state index in [0.29, 0.717) is 19.1 Å². The molecule has 29 heavy (non-hydrogen) atoms. The highest BCUT2D eigenvalue weighted by Crippen LogP contribution is 2.15. The van der Waals surface area contributed by atoms with Gasteiger partial charge in [-0.05, 0) is 50.2 Å². The van der Waals surface area contributed by atoms with Crippen LogP contribution in [-0.2, 0) is 0 Å². The molecule has 0 bridgehead atoms. The third-order valence-corrected chi connectivity index (χ3v) is 5.09. The number of nitrogens with zero attached hydrogens (tertiary/aromatic N) is 1. The van der Waals surface area contributed by atoms with E-state index in [2.05, 4.69) is 10.2 Å². The van der Waals surface area contributed by atoms with Gasteiger partial charge in [0.05, 0.1) is 0 Å². The van der Waals surface area contributed by atoms with E-state index in [9.17, 15) is 10.2 Å². The number of para-hydroxylation sites is 2. The Morgan fingerprint density at radius 1 is 0.793 bits per heavy atom. The van der Waals surface area contributed by atoms with Crippen molar-refractivity contribution in [2.24, 2.45) is 0 Å². The number of aliphatic hydroxyl groups is 2. The van der Waals surface area contributed by atoms with Crippen molar-refractivity contribution in [1.82, 2.24) is 10.2 Å². The van der Waals surface area contributed by atoms with E-state index in [1.807, 2.05) is 60.7 Å². The van der Waals surface area contributed by atoms with Crippen LogP contribution < -0.4 is 14.8 Å². The standard InChI is InChI=1S/C23H32N2O4/c26-20(17-28-22-7-3-1-4-8-22)15-25(19-11-13-24-14-12-19)16-21(27)18-29-23-9-5-2-6-10-23/h1-10,19-21,24,26-27H,11-18H2. The van der Waals surface area contributed by atoms with Crippen LogP contribution in [0.2, 0.25) is 0 Å². The number of aliphatic hydroxyl groups excluding tert-OH is 2. The highest BCUT2D eigenvalue weighted by molar-refractivity contribution is 5.21. The molecule has 0 aliphatic carbocycles. The molecule has 1 aliphatic heterocycles. The summed E-state index contributed by atoms with van der Waals surface area (Å²) in [5.41, 5.74) is 0. The highest BCUT2D eigenvalue weighted by Gasteiger charge is 2.25. The van der Waals surface area contributed by atoms with Crippen LogP contribution in [0.3, 0.4) is 0 Å². The lowest BCUT2D eigenvalue weighted by atomic mass is 10.0. The topological polar surface area (TPSA) is 74.2 Å². The van der Waals surface area contributed by atoms with Crippen LogP contribution in [0.1, 0.15) is 12.8 Å². The van der Waals surface area contributed by atoms with E-state index in [4.69, 9.17) is 9.47 Å². The van der Waals surface area contributed by atoms with Crippen LogP contribution >= 0.6 is 0 Å². The Hall–Kier alpha value is -2.12. The zero-order valence-corrected chi connectivity index (χ0v) is 16.8. The number of nitrogens with one attached hydrogen (secondary N) is 1. The van der Waals surface area contributed by atoms with Crippen molar-refractivity contribution in [2.45, 2.75) is 31.1 Å². The predicted molar refractivity (Wildman–Crippen MR) is 113 cm³/mol. The van der Waals surface area contributed by atoms with Crippen molar-refractivity contribution in [3.05, 3.63) is 60.7 Å². The monoisotopic (exact) mass is 400 g/mol. The van der Waals surface area contributed by atoms with Crippen molar-refractivity contribution in [2.75, 3.05) is 39.4 Å². The molecule has 0 spiro atoms. The summed E-state index contributed by atoms with van der Waals surface area (Å²) < 4.78 is 11.4. The minimum absolute atomic E-state index is 0.224. The number of piperidine rings is 1. The Morgan fingerprint density at radius 3 is 1.69 bits per heavy atom. The van der Waals surface area contributed by atoms with Crippen molar-refractivity contribution in [1.29, 1.82) is 0 Å². The summed E-state index contributed by atoms with van der Waals surface area (Å²) >= 11 is 0. The Kier molecular flexibility index (Phi) is 8.77. The first-order valence-electron chi connectivity index (χ1n) is 10.4. The Bertz CT molecular complexity index is 628. The SMILES string of the molecule is OC(COc1ccccc1)CN(CC(O)COc1ccccc1)C1CCNCC1. The van der Waals surface area contributed by atoms with Gasteiger partial charge in [0.15, 0.2) is 0 Å². The van der Waals surface area contributed by atoms with Gasteiger partial charge >= 0.3 is 0 Å². The van der Waals surface area contributed by atoms with Crippen LogP contribution in [0.5, 0.6) is 11.5 Å². The summed E-state index contributed by atoms with van der Waals surface area (Å²) in [5.74, 6) is 1.49. The van der Waals surface area contributed by atoms with Crippen molar-refractivity contribution < 1.29 is 19.7 Å². The fraction of sp³-hybridized carbons (Fsp3) is 0.478. The molecule has 2 aromatic carbocycles. The first-order chi connectivity index (χ1) is 14.2. The quantitative estimate of drug-likeness (QED) is 0.535. The molecule has 3 N–H and O–H groups in total. The fourth-order valence-electron chi connectivity index (χ4n) is 3.61. The lowest BCUT2D eigenvalue weighted by Gasteiger charge is -2.36. The third kappa shape index (κ3) is 7.66. The molecule has 6 heteroatoms. The third-order valence-electron chi connectivity index (χ3n) is 5.09. The van der Waals surface area contributed by atoms with Crippen LogP contribution in [0.15, 0.2) is 60.7 Å². The van der Waals surface area contributed by atoms with Gasteiger partial charge < -0.3 is 25.0 Å². The summed E-state index contributed by atoms with van der Waals surface area (Å²) in [7, 11) is 0. The van der Waals surface area contributed by atoms with E-state index in [-0.39, 0.29) is 13.2 Å². The molecule has 1 aliphatic rings. The summed E-state index contributed by atoms with van der Waals surface area (Å²) in [4.78, 5) is 2.18. The summed E-state index contributed by atoms with van der Waals surface area (Å²) in [5, 5.41) is 24.4. The molecule has 2 atom stereocenters. The second kappa shape index (κ2) is 11.8. The first kappa shape index (κ1) is 21.6. The zero-order chi connectivity index (χ0) is 20.3. The number of hydrogen-bond donors (Lipinski definition) is 3. The van der Waals surface area contributed by atoms with E-state index in [1.54, 1.807) is 0 Å². The van der Waals surface area contributed by atoms with Gasteiger partial charge in [0, 0.05) is 19.1 Å². The Labute approximate surface area is 173 Å². The average molecular weight is 401 g/mol. The lowest BCUT2D eigenvalue weighted by molar-refractivity contribution is 0.00803. The van der Waals surface area contributed by atoms with Gasteiger partial charge in [-0.2, -0.15) is 0 Å². The fourth-order valence-corrected chi connectivity index (χ4v) is 3.61. The van der Waals surface area contributed by atoms with Crippen molar-refractivity contribution in [3.8, 4) is 11.5 Å². The number of hydrogen-bond acceptors (Lipinski definition) is 6. The lowest BCUT2D eigenvalue weighted by Crippen LogP contribution is -2.50. The number of benzene rings is 2. The van der Waals surface area contributed by atoms with Crippen molar-refractivity contribution in [3.63, 3.8) is 0 Å². The molecular weight excluding hydrogens is 368 g/mol. The minimum Gasteiger partial charge on any atom is -0.491 e. The van der Waals surface area contributed by atoms with Gasteiger partial charge in [0.2, 0.25) is 0 Å². The van der Waals surface area contributed by atoms with E-state index >= 15 is 0 Å². The maximum atomic E-state index is 10.5. The molecule has 2 aromatic rings. The van der Waals surface area contributed by atoms with Gasteiger partial charge in [-0.1, -0.05) is 36.4 Å². The van der Waals surface area contributed by atoms with Crippen molar-refractivity contribution >= 4 is 0 Å². The maximum absolute atomic E-state index is 10.5. The van der Waals surface area contributed by atoms with Gasteiger partial charge in [0.25, 0.3) is 0 Å². The Morgan fingerprint density at radius 2 is 1.24 bits per heavy atom. The first-order valence-corrected chi connectivity index (χ1v) is 10.4. The molecule has 2 unspecified atom stereocenters. The van der Waals surface area contributed by atoms with E-state index in [1.165, 1.54) is 0 Å².